The molecule has 0 heterocycles. The highest BCUT2D eigenvalue weighted by Gasteiger charge is 2.34. The van der Waals surface area contributed by atoms with E-state index in [-0.39, 0.29) is 23.8 Å². The molecule has 7 nitrogen and oxygen atoms in total. The van der Waals surface area contributed by atoms with E-state index >= 15 is 0 Å². The van der Waals surface area contributed by atoms with Crippen LogP contribution in [0.25, 0.3) is 0 Å². The smallest absolute Gasteiger partial charge is 0.264 e. The molecule has 0 unspecified atom stereocenters. The van der Waals surface area contributed by atoms with Gasteiger partial charge in [-0.3, -0.25) is 13.9 Å². The summed E-state index contributed by atoms with van der Waals surface area (Å²) in [6.45, 7) is 8.61. The quantitative estimate of drug-likeness (QED) is 0.306. The van der Waals surface area contributed by atoms with Crippen molar-refractivity contribution in [2.24, 2.45) is 0 Å². The Labute approximate surface area is 244 Å². The third kappa shape index (κ3) is 8.14. The van der Waals surface area contributed by atoms with E-state index in [1.807, 2.05) is 27.7 Å². The molecule has 10 heteroatoms. The Balaban J connectivity index is 2.06. The van der Waals surface area contributed by atoms with Crippen molar-refractivity contribution >= 4 is 43.5 Å². The Morgan fingerprint density at radius 1 is 0.950 bits per heavy atom. The first-order valence-corrected chi connectivity index (χ1v) is 15.2. The molecule has 0 spiro atoms. The van der Waals surface area contributed by atoms with Crippen LogP contribution in [0.15, 0.2) is 82.2 Å². The van der Waals surface area contributed by atoms with E-state index in [9.17, 15) is 22.4 Å². The lowest BCUT2D eigenvalue weighted by Crippen LogP contribution is -2.55. The van der Waals surface area contributed by atoms with Gasteiger partial charge in [0.05, 0.1) is 10.6 Å². The van der Waals surface area contributed by atoms with Gasteiger partial charge in [0.2, 0.25) is 11.8 Å². The van der Waals surface area contributed by atoms with Crippen molar-refractivity contribution in [3.05, 3.63) is 94.2 Å². The zero-order chi connectivity index (χ0) is 29.7. The molecule has 3 aromatic carbocycles. The number of carbonyl (C=O) groups is 2. The van der Waals surface area contributed by atoms with Gasteiger partial charge in [-0.05, 0) is 88.2 Å². The third-order valence-electron chi connectivity index (χ3n) is 6.15. The minimum Gasteiger partial charge on any atom is -0.350 e. The highest BCUT2D eigenvalue weighted by Crippen LogP contribution is 2.26. The highest BCUT2D eigenvalue weighted by atomic mass is 79.9. The molecule has 3 rings (SSSR count). The minimum absolute atomic E-state index is 0.00601. The fourth-order valence-electron chi connectivity index (χ4n) is 4.13. The SMILES string of the molecule is CC[C@H](C(=O)NC(C)(C)C)N(Cc1ccc(F)cc1)C(=O)CN(c1ccc(Br)cc1)S(=O)(=O)c1ccc(C)cc1. The van der Waals surface area contributed by atoms with Crippen LogP contribution >= 0.6 is 15.9 Å². The molecule has 2 amide bonds. The van der Waals surface area contributed by atoms with Gasteiger partial charge in [-0.25, -0.2) is 12.8 Å². The minimum atomic E-state index is -4.15. The summed E-state index contributed by atoms with van der Waals surface area (Å²) in [4.78, 5) is 28.8. The van der Waals surface area contributed by atoms with Crippen LogP contribution in [0.2, 0.25) is 0 Å². The number of carbonyl (C=O) groups excluding carboxylic acids is 2. The van der Waals surface area contributed by atoms with Crippen molar-refractivity contribution in [1.29, 1.82) is 0 Å². The van der Waals surface area contributed by atoms with Gasteiger partial charge in [-0.15, -0.1) is 0 Å². The molecule has 3 aromatic rings. The summed E-state index contributed by atoms with van der Waals surface area (Å²) in [5.74, 6) is -1.36. The lowest BCUT2D eigenvalue weighted by molar-refractivity contribution is -0.141. The number of benzene rings is 3. The Hall–Kier alpha value is -3.24. The van der Waals surface area contributed by atoms with Gasteiger partial charge in [-0.2, -0.15) is 0 Å². The molecule has 0 saturated heterocycles. The van der Waals surface area contributed by atoms with Crippen LogP contribution in [0, 0.1) is 12.7 Å². The van der Waals surface area contributed by atoms with Crippen LogP contribution < -0.4 is 9.62 Å². The second-order valence-corrected chi connectivity index (χ2v) is 13.4. The summed E-state index contributed by atoms with van der Waals surface area (Å²) in [6.07, 6.45) is 0.290. The lowest BCUT2D eigenvalue weighted by atomic mass is 10.1. The predicted octanol–water partition coefficient (Wildman–Crippen LogP) is 5.81. The number of aryl methyl sites for hydroxylation is 1. The monoisotopic (exact) mass is 631 g/mol. The van der Waals surface area contributed by atoms with Crippen LogP contribution in [0.3, 0.4) is 0 Å². The molecule has 0 aliphatic rings. The largest absolute Gasteiger partial charge is 0.350 e. The van der Waals surface area contributed by atoms with E-state index in [2.05, 4.69) is 21.2 Å². The molecule has 0 bridgehead atoms. The zero-order valence-corrected chi connectivity index (χ0v) is 25.7. The molecule has 1 atom stereocenters. The van der Waals surface area contributed by atoms with Gasteiger partial charge < -0.3 is 10.2 Å². The van der Waals surface area contributed by atoms with Crippen molar-refractivity contribution < 1.29 is 22.4 Å². The summed E-state index contributed by atoms with van der Waals surface area (Å²) in [5, 5.41) is 2.92. The van der Waals surface area contributed by atoms with E-state index in [0.717, 1.165) is 14.3 Å². The number of halogens is 2. The molecule has 0 fully saturated rings. The summed E-state index contributed by atoms with van der Waals surface area (Å²) in [7, 11) is -4.15. The number of sulfonamides is 1. The maximum atomic E-state index is 14.0. The van der Waals surface area contributed by atoms with Crippen LogP contribution in [0.5, 0.6) is 0 Å². The van der Waals surface area contributed by atoms with Gasteiger partial charge in [0.1, 0.15) is 18.4 Å². The second-order valence-electron chi connectivity index (χ2n) is 10.6. The summed E-state index contributed by atoms with van der Waals surface area (Å²) in [6, 6.07) is 17.8. The summed E-state index contributed by atoms with van der Waals surface area (Å²) >= 11 is 3.37. The number of nitrogens with zero attached hydrogens (tertiary/aromatic N) is 2. The molecule has 0 aromatic heterocycles. The van der Waals surface area contributed by atoms with E-state index in [4.69, 9.17) is 0 Å². The van der Waals surface area contributed by atoms with Gasteiger partial charge in [0.25, 0.3) is 10.0 Å². The fourth-order valence-corrected chi connectivity index (χ4v) is 5.81. The number of amides is 2. The molecule has 40 heavy (non-hydrogen) atoms. The van der Waals surface area contributed by atoms with Gasteiger partial charge in [0, 0.05) is 16.6 Å². The Kier molecular flexibility index (Phi) is 10.1. The molecule has 0 aliphatic heterocycles. The topological polar surface area (TPSA) is 86.8 Å². The Bertz CT molecular complexity index is 1420. The third-order valence-corrected chi connectivity index (χ3v) is 8.47. The molecule has 0 radical (unpaired) electrons. The number of anilines is 1. The number of nitrogens with one attached hydrogen (secondary N) is 1. The van der Waals surface area contributed by atoms with Crippen LogP contribution in [0.4, 0.5) is 10.1 Å². The number of hydrogen-bond donors (Lipinski definition) is 1. The molecular weight excluding hydrogens is 597 g/mol. The standard InChI is InChI=1S/C30H35BrFN3O4S/c1-6-27(29(37)33-30(3,4)5)34(19-22-9-13-24(32)14-10-22)28(36)20-35(25-15-11-23(31)12-16-25)40(38,39)26-17-7-21(2)8-18-26/h7-18,27H,6,19-20H2,1-5H3,(H,33,37)/t27-/m1/s1. The van der Waals surface area contributed by atoms with Crippen molar-refractivity contribution in [3.63, 3.8) is 0 Å². The molecular formula is C30H35BrFN3O4S. The van der Waals surface area contributed by atoms with E-state index in [0.29, 0.717) is 11.3 Å². The number of rotatable bonds is 10. The van der Waals surface area contributed by atoms with Gasteiger partial charge >= 0.3 is 0 Å². The lowest BCUT2D eigenvalue weighted by Gasteiger charge is -2.34. The first-order valence-electron chi connectivity index (χ1n) is 12.9. The van der Waals surface area contributed by atoms with Crippen molar-refractivity contribution in [2.75, 3.05) is 10.8 Å². The van der Waals surface area contributed by atoms with E-state index in [1.54, 1.807) is 55.5 Å². The van der Waals surface area contributed by atoms with Crippen molar-refractivity contribution in [3.8, 4) is 0 Å². The first-order chi connectivity index (χ1) is 18.7. The average Bonchev–Trinajstić information content (AvgIpc) is 2.88. The maximum absolute atomic E-state index is 14.0. The Morgan fingerprint density at radius 3 is 2.05 bits per heavy atom. The normalized spacial score (nSPS) is 12.5. The summed E-state index contributed by atoms with van der Waals surface area (Å²) in [5.41, 5.74) is 1.25. The van der Waals surface area contributed by atoms with Crippen LogP contribution in [-0.4, -0.2) is 43.3 Å². The van der Waals surface area contributed by atoms with E-state index < -0.39 is 39.9 Å². The second kappa shape index (κ2) is 13.0. The molecule has 1 N–H and O–H groups in total. The van der Waals surface area contributed by atoms with Crippen LogP contribution in [-0.2, 0) is 26.2 Å². The highest BCUT2D eigenvalue weighted by molar-refractivity contribution is 9.10. The average molecular weight is 633 g/mol. The maximum Gasteiger partial charge on any atom is 0.264 e. The van der Waals surface area contributed by atoms with Crippen molar-refractivity contribution in [2.45, 2.75) is 64.1 Å². The fraction of sp³-hybridized carbons (Fsp3) is 0.333. The zero-order valence-electron chi connectivity index (χ0n) is 23.3. The van der Waals surface area contributed by atoms with E-state index in [1.165, 1.54) is 29.2 Å². The van der Waals surface area contributed by atoms with Gasteiger partial charge in [0.15, 0.2) is 0 Å². The first kappa shape index (κ1) is 31.3. The van der Waals surface area contributed by atoms with Crippen molar-refractivity contribution in [1.82, 2.24) is 10.2 Å². The molecule has 0 aliphatic carbocycles. The molecule has 214 valence electrons. The number of hydrogen-bond acceptors (Lipinski definition) is 4. The Morgan fingerprint density at radius 2 is 1.52 bits per heavy atom. The molecule has 0 saturated carbocycles. The van der Waals surface area contributed by atoms with Crippen LogP contribution in [0.1, 0.15) is 45.2 Å². The van der Waals surface area contributed by atoms with Gasteiger partial charge in [-0.1, -0.05) is 52.7 Å². The summed E-state index contributed by atoms with van der Waals surface area (Å²) < 4.78 is 43.1. The predicted molar refractivity (Wildman–Crippen MR) is 159 cm³/mol.